The van der Waals surface area contributed by atoms with Crippen molar-refractivity contribution in [1.82, 2.24) is 5.32 Å². The van der Waals surface area contributed by atoms with E-state index in [1.165, 1.54) is 5.56 Å². The van der Waals surface area contributed by atoms with Gasteiger partial charge in [0.15, 0.2) is 0 Å². The lowest BCUT2D eigenvalue weighted by molar-refractivity contribution is -0.122. The Labute approximate surface area is 127 Å². The van der Waals surface area contributed by atoms with Gasteiger partial charge in [-0.25, -0.2) is 0 Å². The van der Waals surface area contributed by atoms with Crippen LogP contribution in [0.25, 0.3) is 0 Å². The van der Waals surface area contributed by atoms with E-state index >= 15 is 0 Å². The maximum absolute atomic E-state index is 12.2. The molecule has 1 unspecified atom stereocenters. The van der Waals surface area contributed by atoms with Crippen molar-refractivity contribution < 1.29 is 9.90 Å². The SMILES string of the molecule is CCC(CC(=O)NC1CCC(CO)CC1)c1ccccc1. The molecule has 0 aliphatic heterocycles. The third kappa shape index (κ3) is 4.85. The highest BCUT2D eigenvalue weighted by atomic mass is 16.3. The Morgan fingerprint density at radius 1 is 1.24 bits per heavy atom. The third-order valence-electron chi connectivity index (χ3n) is 4.67. The normalized spacial score (nSPS) is 23.5. The second-order valence-electron chi connectivity index (χ2n) is 6.19. The van der Waals surface area contributed by atoms with E-state index in [-0.39, 0.29) is 12.5 Å². The van der Waals surface area contributed by atoms with Crippen LogP contribution in [0.5, 0.6) is 0 Å². The number of carbonyl (C=O) groups is 1. The molecule has 0 saturated heterocycles. The number of rotatable bonds is 6. The molecule has 1 aliphatic carbocycles. The fraction of sp³-hybridized carbons (Fsp3) is 0.611. The Morgan fingerprint density at radius 3 is 2.48 bits per heavy atom. The molecule has 3 heteroatoms. The van der Waals surface area contributed by atoms with Crippen LogP contribution >= 0.6 is 0 Å². The second kappa shape index (κ2) is 8.18. The van der Waals surface area contributed by atoms with Crippen molar-refractivity contribution in [3.8, 4) is 0 Å². The van der Waals surface area contributed by atoms with Crippen molar-refractivity contribution in [1.29, 1.82) is 0 Å². The lowest BCUT2D eigenvalue weighted by atomic mass is 9.86. The Hall–Kier alpha value is -1.35. The van der Waals surface area contributed by atoms with E-state index in [4.69, 9.17) is 5.11 Å². The van der Waals surface area contributed by atoms with Gasteiger partial charge in [-0.15, -0.1) is 0 Å². The van der Waals surface area contributed by atoms with Crippen LogP contribution in [0.2, 0.25) is 0 Å². The van der Waals surface area contributed by atoms with Crippen LogP contribution in [0.1, 0.15) is 56.9 Å². The highest BCUT2D eigenvalue weighted by Gasteiger charge is 2.23. The highest BCUT2D eigenvalue weighted by molar-refractivity contribution is 5.77. The first kappa shape index (κ1) is 16.0. The molecule has 116 valence electrons. The quantitative estimate of drug-likeness (QED) is 0.844. The predicted molar refractivity (Wildman–Crippen MR) is 85.1 cm³/mol. The van der Waals surface area contributed by atoms with Gasteiger partial charge in [0.1, 0.15) is 0 Å². The van der Waals surface area contributed by atoms with Crippen molar-refractivity contribution in [3.63, 3.8) is 0 Å². The second-order valence-corrected chi connectivity index (χ2v) is 6.19. The molecule has 1 amide bonds. The van der Waals surface area contributed by atoms with E-state index in [0.29, 0.717) is 24.3 Å². The van der Waals surface area contributed by atoms with Crippen LogP contribution < -0.4 is 5.32 Å². The number of amides is 1. The van der Waals surface area contributed by atoms with Gasteiger partial charge in [-0.1, -0.05) is 37.3 Å². The van der Waals surface area contributed by atoms with E-state index < -0.39 is 0 Å². The van der Waals surface area contributed by atoms with Crippen molar-refractivity contribution >= 4 is 5.91 Å². The lowest BCUT2D eigenvalue weighted by Gasteiger charge is -2.28. The highest BCUT2D eigenvalue weighted by Crippen LogP contribution is 2.25. The zero-order valence-corrected chi connectivity index (χ0v) is 12.9. The first-order chi connectivity index (χ1) is 10.2. The summed E-state index contributed by atoms with van der Waals surface area (Å²) in [6.45, 7) is 2.42. The van der Waals surface area contributed by atoms with Crippen LogP contribution in [0.15, 0.2) is 30.3 Å². The molecule has 1 aliphatic rings. The molecule has 0 aromatic heterocycles. The first-order valence-corrected chi connectivity index (χ1v) is 8.18. The molecule has 1 aromatic rings. The van der Waals surface area contributed by atoms with E-state index in [9.17, 15) is 4.79 Å². The van der Waals surface area contributed by atoms with Crippen molar-refractivity contribution in [3.05, 3.63) is 35.9 Å². The molecule has 0 spiro atoms. The minimum Gasteiger partial charge on any atom is -0.396 e. The standard InChI is InChI=1S/C18H27NO2/c1-2-15(16-6-4-3-5-7-16)12-18(21)19-17-10-8-14(13-20)9-11-17/h3-7,14-15,17,20H,2,8-13H2,1H3,(H,19,21). The van der Waals surface area contributed by atoms with Gasteiger partial charge in [-0.3, -0.25) is 4.79 Å². The van der Waals surface area contributed by atoms with Gasteiger partial charge < -0.3 is 10.4 Å². The summed E-state index contributed by atoms with van der Waals surface area (Å²) < 4.78 is 0. The number of aliphatic hydroxyl groups excluding tert-OH is 1. The summed E-state index contributed by atoms with van der Waals surface area (Å²) in [5.74, 6) is 0.906. The molecule has 1 atom stereocenters. The molecule has 1 fully saturated rings. The largest absolute Gasteiger partial charge is 0.396 e. The van der Waals surface area contributed by atoms with Gasteiger partial charge in [-0.05, 0) is 49.5 Å². The summed E-state index contributed by atoms with van der Waals surface area (Å²) >= 11 is 0. The molecule has 0 radical (unpaired) electrons. The third-order valence-corrected chi connectivity index (χ3v) is 4.67. The number of benzene rings is 1. The van der Waals surface area contributed by atoms with Crippen LogP contribution in [0.4, 0.5) is 0 Å². The van der Waals surface area contributed by atoms with Gasteiger partial charge >= 0.3 is 0 Å². The fourth-order valence-electron chi connectivity index (χ4n) is 3.22. The van der Waals surface area contributed by atoms with Gasteiger partial charge in [0.25, 0.3) is 0 Å². The average Bonchev–Trinajstić information content (AvgIpc) is 2.54. The first-order valence-electron chi connectivity index (χ1n) is 8.18. The van der Waals surface area contributed by atoms with Crippen LogP contribution in [0, 0.1) is 5.92 Å². The molecular formula is C18H27NO2. The van der Waals surface area contributed by atoms with Crippen LogP contribution in [-0.4, -0.2) is 23.7 Å². The number of hydrogen-bond acceptors (Lipinski definition) is 2. The Balaban J connectivity index is 1.81. The molecular weight excluding hydrogens is 262 g/mol. The fourth-order valence-corrected chi connectivity index (χ4v) is 3.22. The zero-order valence-electron chi connectivity index (χ0n) is 12.9. The van der Waals surface area contributed by atoms with Crippen LogP contribution in [-0.2, 0) is 4.79 Å². The van der Waals surface area contributed by atoms with Gasteiger partial charge in [0, 0.05) is 19.1 Å². The average molecular weight is 289 g/mol. The molecule has 1 aromatic carbocycles. The van der Waals surface area contributed by atoms with Crippen molar-refractivity contribution in [2.75, 3.05) is 6.61 Å². The van der Waals surface area contributed by atoms with E-state index in [1.807, 2.05) is 18.2 Å². The summed E-state index contributed by atoms with van der Waals surface area (Å²) in [5.41, 5.74) is 1.25. The van der Waals surface area contributed by atoms with Crippen molar-refractivity contribution in [2.24, 2.45) is 5.92 Å². The van der Waals surface area contributed by atoms with Crippen LogP contribution in [0.3, 0.4) is 0 Å². The number of carbonyl (C=O) groups excluding carboxylic acids is 1. The lowest BCUT2D eigenvalue weighted by Crippen LogP contribution is -2.38. The van der Waals surface area contributed by atoms with E-state index in [2.05, 4.69) is 24.4 Å². The molecule has 3 nitrogen and oxygen atoms in total. The molecule has 2 N–H and O–H groups in total. The summed E-state index contributed by atoms with van der Waals surface area (Å²) in [5, 5.41) is 12.3. The van der Waals surface area contributed by atoms with E-state index in [0.717, 1.165) is 32.1 Å². The number of aliphatic hydroxyl groups is 1. The Kier molecular flexibility index (Phi) is 6.24. The molecule has 2 rings (SSSR count). The smallest absolute Gasteiger partial charge is 0.220 e. The summed E-state index contributed by atoms with van der Waals surface area (Å²) in [4.78, 5) is 12.2. The maximum Gasteiger partial charge on any atom is 0.220 e. The predicted octanol–water partition coefficient (Wildman–Crippen LogP) is 3.24. The Morgan fingerprint density at radius 2 is 1.90 bits per heavy atom. The van der Waals surface area contributed by atoms with Gasteiger partial charge in [0.05, 0.1) is 0 Å². The topological polar surface area (TPSA) is 49.3 Å². The molecule has 1 saturated carbocycles. The maximum atomic E-state index is 12.2. The Bertz CT molecular complexity index is 424. The summed E-state index contributed by atoms with van der Waals surface area (Å²) in [6, 6.07) is 10.6. The number of hydrogen-bond donors (Lipinski definition) is 2. The minimum absolute atomic E-state index is 0.165. The van der Waals surface area contributed by atoms with Gasteiger partial charge in [0.2, 0.25) is 5.91 Å². The number of nitrogens with one attached hydrogen (secondary N) is 1. The zero-order chi connectivity index (χ0) is 15.1. The van der Waals surface area contributed by atoms with Gasteiger partial charge in [-0.2, -0.15) is 0 Å². The van der Waals surface area contributed by atoms with Crippen molar-refractivity contribution in [2.45, 2.75) is 57.4 Å². The minimum atomic E-state index is 0.165. The summed E-state index contributed by atoms with van der Waals surface area (Å²) in [6.07, 6.45) is 5.60. The summed E-state index contributed by atoms with van der Waals surface area (Å²) in [7, 11) is 0. The molecule has 21 heavy (non-hydrogen) atoms. The molecule has 0 heterocycles. The monoisotopic (exact) mass is 289 g/mol. The van der Waals surface area contributed by atoms with E-state index in [1.54, 1.807) is 0 Å². The molecule has 0 bridgehead atoms.